The molecule has 1 aliphatic carbocycles. The van der Waals surface area contributed by atoms with Crippen molar-refractivity contribution in [2.75, 3.05) is 5.73 Å². The van der Waals surface area contributed by atoms with E-state index in [0.717, 1.165) is 36.2 Å². The zero-order valence-corrected chi connectivity index (χ0v) is 14.4. The van der Waals surface area contributed by atoms with Crippen LogP contribution in [0.4, 0.5) is 11.6 Å². The quantitative estimate of drug-likeness (QED) is 0.784. The number of para-hydroxylation sites is 1. The third kappa shape index (κ3) is 2.31. The fourth-order valence-electron chi connectivity index (χ4n) is 4.00. The summed E-state index contributed by atoms with van der Waals surface area (Å²) >= 11 is 0. The molecular formula is C21H19N5. The van der Waals surface area contributed by atoms with Gasteiger partial charge in [0.1, 0.15) is 0 Å². The molecular weight excluding hydrogens is 322 g/mol. The summed E-state index contributed by atoms with van der Waals surface area (Å²) in [6.45, 7) is 0. The second-order valence-corrected chi connectivity index (χ2v) is 7.06. The van der Waals surface area contributed by atoms with Gasteiger partial charge in [-0.3, -0.25) is 9.98 Å². The summed E-state index contributed by atoms with van der Waals surface area (Å²) < 4.78 is 0. The Hall–Kier alpha value is -3.08. The molecule has 0 radical (unpaired) electrons. The van der Waals surface area contributed by atoms with Crippen molar-refractivity contribution >= 4 is 17.3 Å². The Balaban J connectivity index is 1.48. The highest BCUT2D eigenvalue weighted by Crippen LogP contribution is 2.48. The predicted octanol–water partition coefficient (Wildman–Crippen LogP) is 3.87. The molecule has 5 rings (SSSR count). The van der Waals surface area contributed by atoms with Crippen LogP contribution < -0.4 is 5.73 Å². The summed E-state index contributed by atoms with van der Waals surface area (Å²) in [7, 11) is 0. The summed E-state index contributed by atoms with van der Waals surface area (Å²) in [5, 5.41) is 0. The lowest BCUT2D eigenvalue weighted by atomic mass is 9.61. The van der Waals surface area contributed by atoms with Gasteiger partial charge in [0.2, 0.25) is 5.95 Å². The van der Waals surface area contributed by atoms with Crippen LogP contribution >= 0.6 is 0 Å². The van der Waals surface area contributed by atoms with Gasteiger partial charge in [0.05, 0.1) is 11.4 Å². The lowest BCUT2D eigenvalue weighted by Gasteiger charge is -2.42. The van der Waals surface area contributed by atoms with Crippen molar-refractivity contribution in [3.05, 3.63) is 66.1 Å². The van der Waals surface area contributed by atoms with Gasteiger partial charge in [0, 0.05) is 41.7 Å². The number of rotatable bonds is 3. The van der Waals surface area contributed by atoms with Gasteiger partial charge in [0.15, 0.2) is 0 Å². The largest absolute Gasteiger partial charge is 0.368 e. The standard InChI is InChI=1S/C21H19N5/c22-20-24-11-15(12-25-20)17-7-6-16(13-23-17)21(8-3-9-21)19-10-14-4-1-2-5-18(14)26-19/h1-2,4-7,11-13H,3,8-10H2,(H2,22,24,25). The maximum Gasteiger partial charge on any atom is 0.219 e. The monoisotopic (exact) mass is 341 g/mol. The highest BCUT2D eigenvalue weighted by molar-refractivity contribution is 6.02. The van der Waals surface area contributed by atoms with Crippen LogP contribution in [0.15, 0.2) is 60.0 Å². The average Bonchev–Trinajstić information content (AvgIpc) is 3.06. The van der Waals surface area contributed by atoms with Gasteiger partial charge in [-0.15, -0.1) is 0 Å². The van der Waals surface area contributed by atoms with E-state index >= 15 is 0 Å². The third-order valence-electron chi connectivity index (χ3n) is 5.65. The summed E-state index contributed by atoms with van der Waals surface area (Å²) in [4.78, 5) is 17.7. The Morgan fingerprint density at radius 2 is 1.69 bits per heavy atom. The van der Waals surface area contributed by atoms with E-state index in [1.54, 1.807) is 12.4 Å². The minimum absolute atomic E-state index is 0.0438. The second kappa shape index (κ2) is 5.73. The molecule has 2 N–H and O–H groups in total. The van der Waals surface area contributed by atoms with E-state index in [0.29, 0.717) is 0 Å². The van der Waals surface area contributed by atoms with E-state index in [1.807, 2.05) is 12.3 Å². The molecule has 5 nitrogen and oxygen atoms in total. The van der Waals surface area contributed by atoms with Crippen molar-refractivity contribution in [2.24, 2.45) is 4.99 Å². The maximum absolute atomic E-state index is 5.56. The van der Waals surface area contributed by atoms with Gasteiger partial charge in [-0.05, 0) is 36.1 Å². The smallest absolute Gasteiger partial charge is 0.219 e. The van der Waals surface area contributed by atoms with Crippen molar-refractivity contribution in [2.45, 2.75) is 31.1 Å². The molecule has 5 heteroatoms. The molecule has 2 aliphatic rings. The Morgan fingerprint density at radius 1 is 0.885 bits per heavy atom. The molecule has 1 aromatic carbocycles. The molecule has 3 aromatic rings. The number of fused-ring (bicyclic) bond motifs is 1. The van der Waals surface area contributed by atoms with E-state index in [1.165, 1.54) is 23.3 Å². The first-order valence-electron chi connectivity index (χ1n) is 8.95. The van der Waals surface area contributed by atoms with Crippen molar-refractivity contribution < 1.29 is 0 Å². The van der Waals surface area contributed by atoms with Crippen molar-refractivity contribution in [3.63, 3.8) is 0 Å². The second-order valence-electron chi connectivity index (χ2n) is 7.06. The third-order valence-corrected chi connectivity index (χ3v) is 5.65. The zero-order chi connectivity index (χ0) is 17.6. The van der Waals surface area contributed by atoms with Crippen molar-refractivity contribution in [1.82, 2.24) is 15.0 Å². The van der Waals surface area contributed by atoms with E-state index in [9.17, 15) is 0 Å². The molecule has 1 saturated carbocycles. The first-order chi connectivity index (χ1) is 12.7. The molecule has 0 unspecified atom stereocenters. The number of anilines is 1. The van der Waals surface area contributed by atoms with Crippen LogP contribution in [0.1, 0.15) is 30.4 Å². The molecule has 0 atom stereocenters. The Labute approximate surface area is 152 Å². The lowest BCUT2D eigenvalue weighted by molar-refractivity contribution is 0.337. The molecule has 0 saturated heterocycles. The lowest BCUT2D eigenvalue weighted by Crippen LogP contribution is -2.42. The molecule has 0 amide bonds. The number of aliphatic imine (C=N–C) groups is 1. The van der Waals surface area contributed by atoms with Gasteiger partial charge < -0.3 is 5.73 Å². The number of nitrogens with two attached hydrogens (primary N) is 1. The maximum atomic E-state index is 5.56. The van der Waals surface area contributed by atoms with Crippen LogP contribution in [-0.4, -0.2) is 20.7 Å². The molecule has 2 aromatic heterocycles. The average molecular weight is 341 g/mol. The van der Waals surface area contributed by atoms with Crippen LogP contribution in [0, 0.1) is 0 Å². The van der Waals surface area contributed by atoms with Crippen molar-refractivity contribution in [1.29, 1.82) is 0 Å². The number of nitrogen functional groups attached to an aromatic ring is 1. The molecule has 3 heterocycles. The Morgan fingerprint density at radius 3 is 2.35 bits per heavy atom. The van der Waals surface area contributed by atoms with E-state index in [2.05, 4.69) is 45.3 Å². The first-order valence-corrected chi connectivity index (χ1v) is 8.95. The van der Waals surface area contributed by atoms with Crippen LogP contribution in [-0.2, 0) is 11.8 Å². The van der Waals surface area contributed by atoms with Gasteiger partial charge in [-0.2, -0.15) is 0 Å². The van der Waals surface area contributed by atoms with Crippen molar-refractivity contribution in [3.8, 4) is 11.3 Å². The van der Waals surface area contributed by atoms with Crippen LogP contribution in [0.25, 0.3) is 11.3 Å². The highest BCUT2D eigenvalue weighted by Gasteiger charge is 2.44. The molecule has 1 aliphatic heterocycles. The van der Waals surface area contributed by atoms with E-state index < -0.39 is 0 Å². The van der Waals surface area contributed by atoms with Crippen LogP contribution in [0.2, 0.25) is 0 Å². The van der Waals surface area contributed by atoms with Crippen LogP contribution in [0.3, 0.4) is 0 Å². The zero-order valence-electron chi connectivity index (χ0n) is 14.4. The SMILES string of the molecule is Nc1ncc(-c2ccc(C3(C4=Nc5ccccc5C4)CCC3)cn2)cn1. The number of pyridine rings is 1. The van der Waals surface area contributed by atoms with Gasteiger partial charge in [-0.25, -0.2) is 9.97 Å². The number of hydrogen-bond acceptors (Lipinski definition) is 5. The summed E-state index contributed by atoms with van der Waals surface area (Å²) in [5.74, 6) is 0.276. The fourth-order valence-corrected chi connectivity index (χ4v) is 4.00. The predicted molar refractivity (Wildman–Crippen MR) is 102 cm³/mol. The minimum atomic E-state index is 0.0438. The number of benzene rings is 1. The van der Waals surface area contributed by atoms with E-state index in [-0.39, 0.29) is 11.4 Å². The molecule has 0 bridgehead atoms. The molecule has 0 spiro atoms. The van der Waals surface area contributed by atoms with Gasteiger partial charge in [-0.1, -0.05) is 30.7 Å². The summed E-state index contributed by atoms with van der Waals surface area (Å²) in [6, 6.07) is 12.7. The molecule has 1 fully saturated rings. The minimum Gasteiger partial charge on any atom is -0.368 e. The van der Waals surface area contributed by atoms with Gasteiger partial charge in [0.25, 0.3) is 0 Å². The van der Waals surface area contributed by atoms with Crippen LogP contribution in [0.5, 0.6) is 0 Å². The Bertz CT molecular complexity index is 986. The molecule has 128 valence electrons. The number of nitrogens with zero attached hydrogens (tertiary/aromatic N) is 4. The Kier molecular flexibility index (Phi) is 3.35. The fraction of sp³-hybridized carbons (Fsp3) is 0.238. The van der Waals surface area contributed by atoms with Gasteiger partial charge >= 0.3 is 0 Å². The topological polar surface area (TPSA) is 77.0 Å². The number of hydrogen-bond donors (Lipinski definition) is 1. The normalized spacial score (nSPS) is 17.3. The van der Waals surface area contributed by atoms with E-state index in [4.69, 9.17) is 10.7 Å². The highest BCUT2D eigenvalue weighted by atomic mass is 15.0. The summed E-state index contributed by atoms with van der Waals surface area (Å²) in [5.41, 5.74) is 12.3. The molecule has 26 heavy (non-hydrogen) atoms. The first kappa shape index (κ1) is 15.2. The number of aromatic nitrogens is 3. The summed E-state index contributed by atoms with van der Waals surface area (Å²) in [6.07, 6.45) is 9.89.